The number of anilines is 1. The lowest BCUT2D eigenvalue weighted by molar-refractivity contribution is -0.136. The second-order valence-electron chi connectivity index (χ2n) is 6.76. The number of nitrogens with zero attached hydrogens (tertiary/aromatic N) is 2. The number of Topliss-reactive ketones (excluding diaryl/α,β-unsaturated/α-hetero) is 1. The molecule has 2 amide bonds. The lowest BCUT2D eigenvalue weighted by Gasteiger charge is -2.26. The molecule has 0 aromatic carbocycles. The Morgan fingerprint density at radius 2 is 1.85 bits per heavy atom. The number of carbonyl (C=O) groups is 3. The number of aromatic nitrogens is 2. The number of hydrogen-bond donors (Lipinski definition) is 2. The van der Waals surface area contributed by atoms with E-state index in [1.54, 1.807) is 0 Å². The minimum atomic E-state index is -0.935. The van der Waals surface area contributed by atoms with Crippen molar-refractivity contribution in [2.75, 3.05) is 5.32 Å². The molecule has 1 aromatic rings. The molecule has 0 aliphatic rings. The van der Waals surface area contributed by atoms with Gasteiger partial charge in [-0.2, -0.15) is 0 Å². The lowest BCUT2D eigenvalue weighted by Crippen LogP contribution is -2.47. The fraction of sp³-hybridized carbons (Fsp3) is 0.706. The second kappa shape index (κ2) is 10.8. The highest BCUT2D eigenvalue weighted by molar-refractivity contribution is 7.13. The van der Waals surface area contributed by atoms with Crippen LogP contribution in [-0.4, -0.2) is 40.1 Å². The molecule has 0 spiro atoms. The monoisotopic (exact) mass is 384 g/mol. The molecule has 0 aliphatic heterocycles. The molecule has 146 valence electrons. The quantitative estimate of drug-likeness (QED) is 0.600. The number of amides is 2. The number of hydrogen-bond acceptors (Lipinski definition) is 7. The van der Waals surface area contributed by atoms with E-state index in [1.807, 2.05) is 34.6 Å². The number of nitrogens with one attached hydrogen (secondary N) is 2. The molecule has 0 saturated carbocycles. The van der Waals surface area contributed by atoms with Crippen molar-refractivity contribution in [1.82, 2.24) is 15.5 Å². The molecule has 1 heterocycles. The summed E-state index contributed by atoms with van der Waals surface area (Å²) in [6, 6.07) is -0.935. The Morgan fingerprint density at radius 3 is 2.35 bits per heavy atom. The van der Waals surface area contributed by atoms with Crippen molar-refractivity contribution in [3.8, 4) is 0 Å². The van der Waals surface area contributed by atoms with E-state index >= 15 is 0 Å². The molecule has 9 heteroatoms. The predicted molar refractivity (Wildman–Crippen MR) is 99.9 cm³/mol. The summed E-state index contributed by atoms with van der Waals surface area (Å²) in [6.07, 6.45) is 0.935. The van der Waals surface area contributed by atoms with E-state index in [4.69, 9.17) is 4.74 Å². The van der Waals surface area contributed by atoms with Crippen molar-refractivity contribution in [2.24, 2.45) is 11.8 Å². The van der Waals surface area contributed by atoms with Crippen LogP contribution in [0.25, 0.3) is 0 Å². The SMILES string of the molecule is CCCC[C@H](NC(=O)OC(C(C)C)C(C)C)C(=O)C(=O)Nc1nncs1. The average Bonchev–Trinajstić information content (AvgIpc) is 3.08. The van der Waals surface area contributed by atoms with E-state index in [0.29, 0.717) is 12.8 Å². The molecule has 8 nitrogen and oxygen atoms in total. The molecule has 0 unspecified atom stereocenters. The van der Waals surface area contributed by atoms with Crippen molar-refractivity contribution in [3.05, 3.63) is 5.51 Å². The van der Waals surface area contributed by atoms with E-state index in [-0.39, 0.29) is 23.1 Å². The van der Waals surface area contributed by atoms with Crippen LogP contribution in [0.15, 0.2) is 5.51 Å². The summed E-state index contributed by atoms with van der Waals surface area (Å²) in [5.74, 6) is -1.26. The minimum absolute atomic E-state index is 0.145. The Balaban J connectivity index is 2.73. The van der Waals surface area contributed by atoms with Gasteiger partial charge in [0, 0.05) is 0 Å². The molecule has 2 N–H and O–H groups in total. The topological polar surface area (TPSA) is 110 Å². The van der Waals surface area contributed by atoms with Gasteiger partial charge < -0.3 is 10.1 Å². The van der Waals surface area contributed by atoms with Gasteiger partial charge in [-0.05, 0) is 18.3 Å². The van der Waals surface area contributed by atoms with E-state index in [9.17, 15) is 14.4 Å². The highest BCUT2D eigenvalue weighted by Crippen LogP contribution is 2.17. The fourth-order valence-corrected chi connectivity index (χ4v) is 3.00. The maximum atomic E-state index is 12.4. The van der Waals surface area contributed by atoms with E-state index < -0.39 is 23.8 Å². The van der Waals surface area contributed by atoms with Gasteiger partial charge in [0.25, 0.3) is 5.91 Å². The number of rotatable bonds is 10. The van der Waals surface area contributed by atoms with Gasteiger partial charge in [0.15, 0.2) is 0 Å². The third-order valence-corrected chi connectivity index (χ3v) is 4.42. The third-order valence-electron chi connectivity index (χ3n) is 3.82. The van der Waals surface area contributed by atoms with Crippen molar-refractivity contribution in [2.45, 2.75) is 66.0 Å². The van der Waals surface area contributed by atoms with Gasteiger partial charge in [-0.15, -0.1) is 10.2 Å². The summed E-state index contributed by atoms with van der Waals surface area (Å²) in [6.45, 7) is 9.83. The van der Waals surface area contributed by atoms with Gasteiger partial charge in [0.05, 0.1) is 0 Å². The second-order valence-corrected chi connectivity index (χ2v) is 7.59. The smallest absolute Gasteiger partial charge is 0.408 e. The summed E-state index contributed by atoms with van der Waals surface area (Å²) < 4.78 is 5.47. The van der Waals surface area contributed by atoms with Gasteiger partial charge in [0.1, 0.15) is 17.7 Å². The summed E-state index contributed by atoms with van der Waals surface area (Å²) in [5, 5.41) is 12.4. The van der Waals surface area contributed by atoms with Crippen molar-refractivity contribution < 1.29 is 19.1 Å². The highest BCUT2D eigenvalue weighted by Gasteiger charge is 2.29. The summed E-state index contributed by atoms with van der Waals surface area (Å²) >= 11 is 1.11. The Bertz CT molecular complexity index is 582. The number of unbranched alkanes of at least 4 members (excludes halogenated alkanes) is 1. The minimum Gasteiger partial charge on any atom is -0.446 e. The first kappa shape index (κ1) is 22.0. The first-order valence-corrected chi connectivity index (χ1v) is 9.72. The maximum Gasteiger partial charge on any atom is 0.408 e. The Kier molecular flexibility index (Phi) is 9.18. The first-order valence-electron chi connectivity index (χ1n) is 8.84. The normalized spacial score (nSPS) is 12.3. The number of ether oxygens (including phenoxy) is 1. The molecule has 1 atom stereocenters. The van der Waals surface area contributed by atoms with E-state index in [1.165, 1.54) is 5.51 Å². The zero-order valence-electron chi connectivity index (χ0n) is 15.9. The van der Waals surface area contributed by atoms with Gasteiger partial charge in [-0.1, -0.05) is 58.8 Å². The van der Waals surface area contributed by atoms with Crippen molar-refractivity contribution in [3.63, 3.8) is 0 Å². The molecule has 1 aromatic heterocycles. The molecule has 0 fully saturated rings. The number of carbonyl (C=O) groups excluding carboxylic acids is 3. The van der Waals surface area contributed by atoms with Gasteiger partial charge in [0.2, 0.25) is 10.9 Å². The van der Waals surface area contributed by atoms with Gasteiger partial charge in [-0.3, -0.25) is 14.9 Å². The zero-order valence-corrected chi connectivity index (χ0v) is 16.8. The van der Waals surface area contributed by atoms with Crippen LogP contribution in [-0.2, 0) is 14.3 Å². The summed E-state index contributed by atoms with van der Waals surface area (Å²) in [4.78, 5) is 36.8. The fourth-order valence-electron chi connectivity index (χ4n) is 2.56. The van der Waals surface area contributed by atoms with Crippen molar-refractivity contribution in [1.29, 1.82) is 0 Å². The zero-order chi connectivity index (χ0) is 19.7. The largest absolute Gasteiger partial charge is 0.446 e. The van der Waals surface area contributed by atoms with Gasteiger partial charge >= 0.3 is 6.09 Å². The third kappa shape index (κ3) is 7.07. The summed E-state index contributed by atoms with van der Waals surface area (Å²) in [5.41, 5.74) is 1.45. The highest BCUT2D eigenvalue weighted by atomic mass is 32.1. The van der Waals surface area contributed by atoms with Crippen LogP contribution in [0.3, 0.4) is 0 Å². The summed E-state index contributed by atoms with van der Waals surface area (Å²) in [7, 11) is 0. The van der Waals surface area contributed by atoms with E-state index in [0.717, 1.165) is 17.8 Å². The van der Waals surface area contributed by atoms with Crippen LogP contribution < -0.4 is 10.6 Å². The molecule has 0 aliphatic carbocycles. The lowest BCUT2D eigenvalue weighted by atomic mass is 9.96. The molecule has 0 radical (unpaired) electrons. The van der Waals surface area contributed by atoms with Crippen LogP contribution in [0.5, 0.6) is 0 Å². The molecule has 1 rings (SSSR count). The molecule has 0 saturated heterocycles. The van der Waals surface area contributed by atoms with E-state index in [2.05, 4.69) is 20.8 Å². The van der Waals surface area contributed by atoms with Crippen molar-refractivity contribution >= 4 is 34.3 Å². The van der Waals surface area contributed by atoms with Crippen LogP contribution in [0, 0.1) is 11.8 Å². The van der Waals surface area contributed by atoms with Gasteiger partial charge in [-0.25, -0.2) is 4.79 Å². The maximum absolute atomic E-state index is 12.4. The molecule has 0 bridgehead atoms. The van der Waals surface area contributed by atoms with Crippen LogP contribution in [0.1, 0.15) is 53.9 Å². The predicted octanol–water partition coefficient (Wildman–Crippen LogP) is 3.01. The molecule has 26 heavy (non-hydrogen) atoms. The van der Waals surface area contributed by atoms with Crippen LogP contribution >= 0.6 is 11.3 Å². The standard InChI is InChI=1S/C17H28N4O4S/c1-6-7-8-12(13(22)15(23)20-16-21-18-9-26-16)19-17(24)25-14(10(2)3)11(4)5/h9-12,14H,6-8H2,1-5H3,(H,19,24)(H,20,21,23)/t12-/m0/s1. The number of alkyl carbamates (subject to hydrolysis) is 1. The Hall–Kier alpha value is -2.03. The Morgan fingerprint density at radius 1 is 1.19 bits per heavy atom. The average molecular weight is 385 g/mol. The Labute approximate surface area is 158 Å². The molecular formula is C17H28N4O4S. The van der Waals surface area contributed by atoms with Crippen LogP contribution in [0.4, 0.5) is 9.93 Å². The first-order chi connectivity index (χ1) is 12.3. The number of ketones is 1. The van der Waals surface area contributed by atoms with Crippen LogP contribution in [0.2, 0.25) is 0 Å². The molecular weight excluding hydrogens is 356 g/mol.